The normalized spacial score (nSPS) is 11.0. The minimum Gasteiger partial charge on any atom is -0.381 e. The van der Waals surface area contributed by atoms with Gasteiger partial charge in [-0.2, -0.15) is 0 Å². The number of rotatable bonds is 4. The summed E-state index contributed by atoms with van der Waals surface area (Å²) in [7, 11) is 0. The van der Waals surface area contributed by atoms with Gasteiger partial charge in [0.2, 0.25) is 0 Å². The summed E-state index contributed by atoms with van der Waals surface area (Å²) in [5.74, 6) is -0.522. The zero-order valence-corrected chi connectivity index (χ0v) is 14.2. The molecule has 0 saturated heterocycles. The molecule has 4 rings (SSSR count). The first-order valence-corrected chi connectivity index (χ1v) is 8.24. The van der Waals surface area contributed by atoms with E-state index in [-0.39, 0.29) is 0 Å². The second kappa shape index (κ2) is 6.72. The molecule has 0 spiro atoms. The van der Waals surface area contributed by atoms with Gasteiger partial charge in [0.25, 0.3) is 0 Å². The van der Waals surface area contributed by atoms with Gasteiger partial charge >= 0.3 is 0 Å². The number of hydrogen-bond acceptors (Lipinski definition) is 3. The lowest BCUT2D eigenvalue weighted by atomic mass is 10.2. The van der Waals surface area contributed by atoms with Gasteiger partial charge in [0.15, 0.2) is 0 Å². The van der Waals surface area contributed by atoms with Crippen molar-refractivity contribution in [2.45, 2.75) is 6.54 Å². The lowest BCUT2D eigenvalue weighted by Crippen LogP contribution is -2.02. The van der Waals surface area contributed by atoms with Crippen LogP contribution in [0.25, 0.3) is 16.9 Å². The second-order valence-electron chi connectivity index (χ2n) is 5.78. The second-order valence-corrected chi connectivity index (χ2v) is 6.22. The van der Waals surface area contributed by atoms with Crippen LogP contribution in [0.3, 0.4) is 0 Å². The van der Waals surface area contributed by atoms with Crippen LogP contribution in [0.2, 0.25) is 5.02 Å². The maximum atomic E-state index is 13.3. The SMILES string of the molecule is Fc1cc(F)cc(CNc2ccnc(-n3cnc4cc(Cl)ccc43)c2)c1. The Morgan fingerprint density at radius 3 is 2.58 bits per heavy atom. The zero-order chi connectivity index (χ0) is 18.1. The molecule has 7 heteroatoms. The molecule has 130 valence electrons. The predicted octanol–water partition coefficient (Wildman–Crippen LogP) is 4.96. The number of benzene rings is 2. The van der Waals surface area contributed by atoms with Gasteiger partial charge in [-0.1, -0.05) is 11.6 Å². The highest BCUT2D eigenvalue weighted by Gasteiger charge is 2.07. The largest absolute Gasteiger partial charge is 0.381 e. The van der Waals surface area contributed by atoms with E-state index in [0.717, 1.165) is 22.8 Å². The molecule has 4 nitrogen and oxygen atoms in total. The minimum absolute atomic E-state index is 0.290. The van der Waals surface area contributed by atoms with Gasteiger partial charge in [0.1, 0.15) is 23.8 Å². The fourth-order valence-electron chi connectivity index (χ4n) is 2.75. The Morgan fingerprint density at radius 1 is 0.962 bits per heavy atom. The Kier molecular flexibility index (Phi) is 4.26. The third-order valence-corrected chi connectivity index (χ3v) is 4.16. The number of fused-ring (bicyclic) bond motifs is 1. The molecule has 0 amide bonds. The lowest BCUT2D eigenvalue weighted by molar-refractivity contribution is 0.580. The summed E-state index contributed by atoms with van der Waals surface area (Å²) < 4.78 is 28.4. The number of imidazole rings is 1. The highest BCUT2D eigenvalue weighted by atomic mass is 35.5. The monoisotopic (exact) mass is 370 g/mol. The predicted molar refractivity (Wildman–Crippen MR) is 97.6 cm³/mol. The van der Waals surface area contributed by atoms with Crippen molar-refractivity contribution in [2.75, 3.05) is 5.32 Å². The standard InChI is InChI=1S/C19H13ClF2N4/c20-13-1-2-18-17(7-13)25-11-26(18)19-9-16(3-4-23-19)24-10-12-5-14(21)8-15(22)6-12/h1-9,11H,10H2,(H,23,24). The highest BCUT2D eigenvalue weighted by molar-refractivity contribution is 6.31. The van der Waals surface area contributed by atoms with Crippen molar-refractivity contribution in [3.63, 3.8) is 0 Å². The van der Waals surface area contributed by atoms with Crippen LogP contribution in [0.4, 0.5) is 14.5 Å². The van der Waals surface area contributed by atoms with Crippen LogP contribution in [-0.2, 0) is 6.54 Å². The average Bonchev–Trinajstić information content (AvgIpc) is 3.02. The van der Waals surface area contributed by atoms with Crippen molar-refractivity contribution >= 4 is 28.3 Å². The summed E-state index contributed by atoms with van der Waals surface area (Å²) in [4.78, 5) is 8.70. The number of anilines is 1. The Morgan fingerprint density at radius 2 is 1.77 bits per heavy atom. The number of aromatic nitrogens is 3. The van der Waals surface area contributed by atoms with Crippen molar-refractivity contribution in [3.8, 4) is 5.82 Å². The van der Waals surface area contributed by atoms with Crippen LogP contribution in [0.15, 0.2) is 61.1 Å². The molecular weight excluding hydrogens is 358 g/mol. The van der Waals surface area contributed by atoms with Crippen molar-refractivity contribution < 1.29 is 8.78 Å². The first kappa shape index (κ1) is 16.5. The van der Waals surface area contributed by atoms with E-state index in [2.05, 4.69) is 15.3 Å². The molecule has 0 aliphatic heterocycles. The van der Waals surface area contributed by atoms with Gasteiger partial charge in [-0.25, -0.2) is 18.7 Å². The molecule has 0 atom stereocenters. The van der Waals surface area contributed by atoms with Gasteiger partial charge in [-0.05, 0) is 42.0 Å². The molecular formula is C19H13ClF2N4. The summed E-state index contributed by atoms with van der Waals surface area (Å²) >= 11 is 5.99. The van der Waals surface area contributed by atoms with Crippen LogP contribution < -0.4 is 5.32 Å². The quantitative estimate of drug-likeness (QED) is 0.552. The molecule has 0 bridgehead atoms. The van der Waals surface area contributed by atoms with Crippen LogP contribution in [0.5, 0.6) is 0 Å². The van der Waals surface area contributed by atoms with Gasteiger partial charge in [0.05, 0.1) is 11.0 Å². The van der Waals surface area contributed by atoms with E-state index in [1.54, 1.807) is 30.7 Å². The highest BCUT2D eigenvalue weighted by Crippen LogP contribution is 2.22. The molecule has 0 radical (unpaired) electrons. The van der Waals surface area contributed by atoms with Gasteiger partial charge in [0, 0.05) is 35.6 Å². The third kappa shape index (κ3) is 3.36. The van der Waals surface area contributed by atoms with Crippen molar-refractivity contribution in [1.82, 2.24) is 14.5 Å². The fraction of sp³-hybridized carbons (Fsp3) is 0.0526. The lowest BCUT2D eigenvalue weighted by Gasteiger charge is -2.09. The summed E-state index contributed by atoms with van der Waals surface area (Å²) in [5, 5.41) is 3.77. The van der Waals surface area contributed by atoms with E-state index in [1.165, 1.54) is 12.1 Å². The maximum absolute atomic E-state index is 13.3. The molecule has 0 saturated carbocycles. The first-order chi connectivity index (χ1) is 12.6. The van der Waals surface area contributed by atoms with Crippen LogP contribution >= 0.6 is 11.6 Å². The molecule has 0 unspecified atom stereocenters. The maximum Gasteiger partial charge on any atom is 0.140 e. The molecule has 26 heavy (non-hydrogen) atoms. The molecule has 4 aromatic rings. The van der Waals surface area contributed by atoms with Gasteiger partial charge < -0.3 is 5.32 Å². The van der Waals surface area contributed by atoms with Crippen molar-refractivity contribution in [3.05, 3.63) is 83.3 Å². The molecule has 0 fully saturated rings. The zero-order valence-electron chi connectivity index (χ0n) is 13.5. The third-order valence-electron chi connectivity index (χ3n) is 3.92. The van der Waals surface area contributed by atoms with E-state index in [4.69, 9.17) is 11.6 Å². The van der Waals surface area contributed by atoms with Crippen LogP contribution in [0, 0.1) is 11.6 Å². The Bertz CT molecular complexity index is 1070. The minimum atomic E-state index is -0.597. The van der Waals surface area contributed by atoms with Crippen molar-refractivity contribution in [1.29, 1.82) is 0 Å². The van der Waals surface area contributed by atoms with E-state index in [9.17, 15) is 8.78 Å². The van der Waals surface area contributed by atoms with E-state index < -0.39 is 11.6 Å². The number of pyridine rings is 1. The smallest absolute Gasteiger partial charge is 0.140 e. The number of halogens is 3. The summed E-state index contributed by atoms with van der Waals surface area (Å²) in [5.41, 5.74) is 2.94. The van der Waals surface area contributed by atoms with Gasteiger partial charge in [-0.15, -0.1) is 0 Å². The Balaban J connectivity index is 1.60. The molecule has 2 aromatic carbocycles. The van der Waals surface area contributed by atoms with Crippen molar-refractivity contribution in [2.24, 2.45) is 0 Å². The van der Waals surface area contributed by atoms with E-state index in [1.807, 2.05) is 16.7 Å². The molecule has 1 N–H and O–H groups in total. The Hall–Kier alpha value is -2.99. The molecule has 0 aliphatic rings. The number of nitrogens with one attached hydrogen (secondary N) is 1. The summed E-state index contributed by atoms with van der Waals surface area (Å²) in [6, 6.07) is 12.5. The number of hydrogen-bond donors (Lipinski definition) is 1. The summed E-state index contributed by atoms with van der Waals surface area (Å²) in [6.45, 7) is 0.290. The van der Waals surface area contributed by atoms with Gasteiger partial charge in [-0.3, -0.25) is 4.57 Å². The van der Waals surface area contributed by atoms with Crippen LogP contribution in [-0.4, -0.2) is 14.5 Å². The fourth-order valence-corrected chi connectivity index (χ4v) is 2.91. The van der Waals surface area contributed by atoms with Crippen LogP contribution in [0.1, 0.15) is 5.56 Å². The summed E-state index contributed by atoms with van der Waals surface area (Å²) in [6.07, 6.45) is 3.33. The first-order valence-electron chi connectivity index (χ1n) is 7.86. The molecule has 2 heterocycles. The van der Waals surface area contributed by atoms with E-state index >= 15 is 0 Å². The molecule has 0 aliphatic carbocycles. The van der Waals surface area contributed by atoms with E-state index in [0.29, 0.717) is 22.9 Å². The topological polar surface area (TPSA) is 42.7 Å². The Labute approximate surface area is 153 Å². The molecule has 2 aromatic heterocycles. The average molecular weight is 371 g/mol. The number of nitrogens with zero attached hydrogens (tertiary/aromatic N) is 3.